The maximum atomic E-state index is 6.06. The van der Waals surface area contributed by atoms with Crippen LogP contribution in [0.15, 0.2) is 0 Å². The largest absolute Gasteiger partial charge is 0.379 e. The quantitative estimate of drug-likeness (QED) is 0.742. The van der Waals surface area contributed by atoms with Gasteiger partial charge in [-0.05, 0) is 38.5 Å². The summed E-state index contributed by atoms with van der Waals surface area (Å²) < 4.78 is 5.36. The van der Waals surface area contributed by atoms with Crippen LogP contribution in [0.5, 0.6) is 0 Å². The van der Waals surface area contributed by atoms with Crippen LogP contribution in [0.1, 0.15) is 53.9 Å². The summed E-state index contributed by atoms with van der Waals surface area (Å²) in [7, 11) is 1.75. The minimum absolute atomic E-state index is 0.0860. The second-order valence-corrected chi connectivity index (χ2v) is 6.03. The highest BCUT2D eigenvalue weighted by Gasteiger charge is 2.21. The summed E-state index contributed by atoms with van der Waals surface area (Å²) in [6.45, 7) is 10.9. The second-order valence-electron chi connectivity index (χ2n) is 6.03. The molecule has 2 heteroatoms. The molecule has 0 aromatic heterocycles. The van der Waals surface area contributed by atoms with Crippen molar-refractivity contribution in [3.63, 3.8) is 0 Å². The maximum absolute atomic E-state index is 6.06. The summed E-state index contributed by atoms with van der Waals surface area (Å²) in [5.74, 6) is 0. The van der Waals surface area contributed by atoms with Gasteiger partial charge in [0.25, 0.3) is 0 Å². The Kier molecular flexibility index (Phi) is 5.10. The summed E-state index contributed by atoms with van der Waals surface area (Å²) in [5.41, 5.74) is 6.36. The second kappa shape index (κ2) is 5.13. The summed E-state index contributed by atoms with van der Waals surface area (Å²) in [4.78, 5) is 0. The lowest BCUT2D eigenvalue weighted by molar-refractivity contribution is 0.00883. The highest BCUT2D eigenvalue weighted by molar-refractivity contribution is 4.77. The molecule has 0 amide bonds. The van der Waals surface area contributed by atoms with Crippen molar-refractivity contribution >= 4 is 0 Å². The van der Waals surface area contributed by atoms with E-state index in [9.17, 15) is 0 Å². The van der Waals surface area contributed by atoms with Gasteiger partial charge < -0.3 is 10.5 Å². The first-order valence-corrected chi connectivity index (χ1v) is 5.47. The molecule has 1 atom stereocenters. The molecule has 0 saturated heterocycles. The molecule has 86 valence electrons. The zero-order valence-electron chi connectivity index (χ0n) is 10.7. The molecule has 0 heterocycles. The van der Waals surface area contributed by atoms with Gasteiger partial charge in [-0.15, -0.1) is 0 Å². The van der Waals surface area contributed by atoms with Crippen molar-refractivity contribution < 1.29 is 4.74 Å². The minimum atomic E-state index is -0.0860. The molecule has 0 aliphatic heterocycles. The van der Waals surface area contributed by atoms with E-state index < -0.39 is 0 Å². The van der Waals surface area contributed by atoms with Gasteiger partial charge in [0.05, 0.1) is 5.60 Å². The van der Waals surface area contributed by atoms with Gasteiger partial charge in [-0.3, -0.25) is 0 Å². The van der Waals surface area contributed by atoms with E-state index in [1.165, 1.54) is 6.42 Å². The Bertz CT molecular complexity index is 158. The average molecular weight is 201 g/mol. The molecule has 0 aromatic rings. The minimum Gasteiger partial charge on any atom is -0.379 e. The Hall–Kier alpha value is -0.0800. The van der Waals surface area contributed by atoms with Crippen LogP contribution in [-0.2, 0) is 4.74 Å². The van der Waals surface area contributed by atoms with Crippen LogP contribution in [0.2, 0.25) is 0 Å². The van der Waals surface area contributed by atoms with Crippen molar-refractivity contribution in [3.8, 4) is 0 Å². The Labute approximate surface area is 89.2 Å². The molecule has 0 fully saturated rings. The molecule has 2 nitrogen and oxygen atoms in total. The first-order valence-electron chi connectivity index (χ1n) is 5.47. The normalized spacial score (nSPS) is 15.6. The van der Waals surface area contributed by atoms with Crippen LogP contribution < -0.4 is 5.73 Å². The predicted octanol–water partition coefficient (Wildman–Crippen LogP) is 2.96. The van der Waals surface area contributed by atoms with Gasteiger partial charge in [-0.25, -0.2) is 0 Å². The van der Waals surface area contributed by atoms with E-state index in [1.54, 1.807) is 7.11 Å². The Morgan fingerprint density at radius 1 is 1.14 bits per heavy atom. The van der Waals surface area contributed by atoms with Gasteiger partial charge in [0.1, 0.15) is 0 Å². The molecule has 0 bridgehead atoms. The zero-order valence-corrected chi connectivity index (χ0v) is 10.7. The highest BCUT2D eigenvalue weighted by Crippen LogP contribution is 2.24. The molecule has 2 N–H and O–H groups in total. The lowest BCUT2D eigenvalue weighted by Gasteiger charge is -2.28. The molecule has 0 aliphatic rings. The number of methoxy groups -OCH3 is 1. The summed E-state index contributed by atoms with van der Waals surface area (Å²) in [6.07, 6.45) is 3.18. The third-order valence-corrected chi connectivity index (χ3v) is 2.57. The summed E-state index contributed by atoms with van der Waals surface area (Å²) >= 11 is 0. The number of hydrogen-bond donors (Lipinski definition) is 1. The van der Waals surface area contributed by atoms with Crippen LogP contribution >= 0.6 is 0 Å². The first kappa shape index (κ1) is 13.9. The van der Waals surface area contributed by atoms with Gasteiger partial charge in [-0.2, -0.15) is 0 Å². The van der Waals surface area contributed by atoms with Gasteiger partial charge >= 0.3 is 0 Å². The Morgan fingerprint density at radius 2 is 1.64 bits per heavy atom. The number of rotatable bonds is 5. The SMILES string of the molecule is COC(C)(C)CC(N)CCC(C)(C)C. The van der Waals surface area contributed by atoms with Crippen LogP contribution in [0.25, 0.3) is 0 Å². The topological polar surface area (TPSA) is 35.2 Å². The molecular formula is C12H27NO. The monoisotopic (exact) mass is 201 g/mol. The van der Waals surface area contributed by atoms with Gasteiger partial charge in [0.15, 0.2) is 0 Å². The molecule has 1 unspecified atom stereocenters. The Morgan fingerprint density at radius 3 is 2.00 bits per heavy atom. The highest BCUT2D eigenvalue weighted by atomic mass is 16.5. The molecule has 0 rings (SSSR count). The first-order chi connectivity index (χ1) is 6.16. The van der Waals surface area contributed by atoms with Crippen molar-refractivity contribution in [1.29, 1.82) is 0 Å². The zero-order chi connectivity index (χ0) is 11.4. The molecule has 0 saturated carbocycles. The van der Waals surface area contributed by atoms with Crippen LogP contribution in [0, 0.1) is 5.41 Å². The lowest BCUT2D eigenvalue weighted by Crippen LogP contribution is -2.34. The number of hydrogen-bond acceptors (Lipinski definition) is 2. The number of ether oxygens (including phenoxy) is 1. The van der Waals surface area contributed by atoms with Crippen molar-refractivity contribution in [3.05, 3.63) is 0 Å². The summed E-state index contributed by atoms with van der Waals surface area (Å²) in [5, 5.41) is 0. The molecule has 0 aliphatic carbocycles. The molecule has 0 radical (unpaired) electrons. The average Bonchev–Trinajstić information content (AvgIpc) is 1.99. The van der Waals surface area contributed by atoms with Crippen molar-refractivity contribution in [1.82, 2.24) is 0 Å². The van der Waals surface area contributed by atoms with Crippen LogP contribution in [-0.4, -0.2) is 18.8 Å². The lowest BCUT2D eigenvalue weighted by atomic mass is 9.86. The maximum Gasteiger partial charge on any atom is 0.0637 e. The third kappa shape index (κ3) is 7.34. The third-order valence-electron chi connectivity index (χ3n) is 2.57. The molecule has 0 spiro atoms. The van der Waals surface area contributed by atoms with E-state index in [4.69, 9.17) is 10.5 Å². The smallest absolute Gasteiger partial charge is 0.0637 e. The van der Waals surface area contributed by atoms with Crippen molar-refractivity contribution in [2.45, 2.75) is 65.5 Å². The fourth-order valence-electron chi connectivity index (χ4n) is 1.44. The molecular weight excluding hydrogens is 174 g/mol. The predicted molar refractivity (Wildman–Crippen MR) is 62.4 cm³/mol. The van der Waals surface area contributed by atoms with Gasteiger partial charge in [-0.1, -0.05) is 20.8 Å². The van der Waals surface area contributed by atoms with Gasteiger partial charge in [0.2, 0.25) is 0 Å². The van der Waals surface area contributed by atoms with E-state index >= 15 is 0 Å². The van der Waals surface area contributed by atoms with E-state index in [2.05, 4.69) is 34.6 Å². The summed E-state index contributed by atoms with van der Waals surface area (Å²) in [6, 6.07) is 0.254. The number of nitrogens with two attached hydrogens (primary N) is 1. The fraction of sp³-hybridized carbons (Fsp3) is 1.00. The molecule has 14 heavy (non-hydrogen) atoms. The van der Waals surface area contributed by atoms with E-state index in [1.807, 2.05) is 0 Å². The van der Waals surface area contributed by atoms with Crippen LogP contribution in [0.3, 0.4) is 0 Å². The van der Waals surface area contributed by atoms with E-state index in [0.29, 0.717) is 5.41 Å². The Balaban J connectivity index is 3.82. The van der Waals surface area contributed by atoms with E-state index in [0.717, 1.165) is 12.8 Å². The van der Waals surface area contributed by atoms with Crippen molar-refractivity contribution in [2.75, 3.05) is 7.11 Å². The van der Waals surface area contributed by atoms with Crippen molar-refractivity contribution in [2.24, 2.45) is 11.1 Å². The van der Waals surface area contributed by atoms with Crippen LogP contribution in [0.4, 0.5) is 0 Å². The standard InChI is InChI=1S/C12H27NO/c1-11(2,3)8-7-10(13)9-12(4,5)14-6/h10H,7-9,13H2,1-6H3. The van der Waals surface area contributed by atoms with E-state index in [-0.39, 0.29) is 11.6 Å². The van der Waals surface area contributed by atoms with Gasteiger partial charge in [0, 0.05) is 13.2 Å². The fourth-order valence-corrected chi connectivity index (χ4v) is 1.44. The molecule has 0 aromatic carbocycles.